The van der Waals surface area contributed by atoms with Gasteiger partial charge in [0.2, 0.25) is 5.91 Å². The van der Waals surface area contributed by atoms with Gasteiger partial charge < -0.3 is 14.8 Å². The number of nitrogens with zero attached hydrogens (tertiary/aromatic N) is 1. The van der Waals surface area contributed by atoms with Crippen molar-refractivity contribution in [2.24, 2.45) is 0 Å². The fourth-order valence-corrected chi connectivity index (χ4v) is 5.53. The molecule has 3 aromatic carbocycles. The quantitative estimate of drug-likeness (QED) is 0.405. The Balaban J connectivity index is 1.90. The van der Waals surface area contributed by atoms with Gasteiger partial charge in [0, 0.05) is 0 Å². The van der Waals surface area contributed by atoms with Gasteiger partial charge in [-0.3, -0.25) is 9.10 Å². The Morgan fingerprint density at radius 3 is 2.11 bits per heavy atom. The lowest BCUT2D eigenvalue weighted by molar-refractivity contribution is -0.120. The van der Waals surface area contributed by atoms with E-state index in [1.807, 2.05) is 26.0 Å². The van der Waals surface area contributed by atoms with Crippen molar-refractivity contribution in [1.29, 1.82) is 0 Å². The van der Waals surface area contributed by atoms with Gasteiger partial charge in [-0.15, -0.1) is 0 Å². The molecular formula is C28H34N2O5S. The van der Waals surface area contributed by atoms with Crippen LogP contribution in [0.2, 0.25) is 0 Å². The third kappa shape index (κ3) is 5.99. The third-order valence-electron chi connectivity index (χ3n) is 6.06. The molecule has 36 heavy (non-hydrogen) atoms. The SMILES string of the molecule is COc1ccc(N(CC(=O)N[C@H](C)c2cc(C(C)C)c(OC)cc2C)S(=O)(=O)c2ccccc2)cc1. The first-order valence-electron chi connectivity index (χ1n) is 11.8. The summed E-state index contributed by atoms with van der Waals surface area (Å²) in [4.78, 5) is 13.3. The summed E-state index contributed by atoms with van der Waals surface area (Å²) >= 11 is 0. The highest BCUT2D eigenvalue weighted by Crippen LogP contribution is 2.32. The fourth-order valence-electron chi connectivity index (χ4n) is 4.09. The Morgan fingerprint density at radius 1 is 0.917 bits per heavy atom. The van der Waals surface area contributed by atoms with Crippen LogP contribution in [0.1, 0.15) is 49.4 Å². The van der Waals surface area contributed by atoms with Gasteiger partial charge >= 0.3 is 0 Å². The summed E-state index contributed by atoms with van der Waals surface area (Å²) in [5.41, 5.74) is 3.35. The molecule has 0 spiro atoms. The number of carbonyl (C=O) groups is 1. The lowest BCUT2D eigenvalue weighted by Crippen LogP contribution is -2.41. The number of ether oxygens (including phenoxy) is 2. The summed E-state index contributed by atoms with van der Waals surface area (Å²) in [5, 5.41) is 2.98. The highest BCUT2D eigenvalue weighted by molar-refractivity contribution is 7.92. The van der Waals surface area contributed by atoms with Gasteiger partial charge in [0.25, 0.3) is 10.0 Å². The first-order valence-corrected chi connectivity index (χ1v) is 13.2. The number of anilines is 1. The van der Waals surface area contributed by atoms with Crippen molar-refractivity contribution in [2.45, 2.75) is 44.6 Å². The Bertz CT molecular complexity index is 1290. The predicted molar refractivity (Wildman–Crippen MR) is 142 cm³/mol. The van der Waals surface area contributed by atoms with Crippen molar-refractivity contribution in [3.63, 3.8) is 0 Å². The zero-order chi connectivity index (χ0) is 26.5. The number of methoxy groups -OCH3 is 2. The van der Waals surface area contributed by atoms with E-state index in [1.54, 1.807) is 49.6 Å². The third-order valence-corrected chi connectivity index (χ3v) is 7.85. The molecular weight excluding hydrogens is 476 g/mol. The average molecular weight is 511 g/mol. The largest absolute Gasteiger partial charge is 0.497 e. The van der Waals surface area contributed by atoms with Crippen molar-refractivity contribution >= 4 is 21.6 Å². The molecule has 0 aromatic heterocycles. The van der Waals surface area contributed by atoms with E-state index in [0.717, 1.165) is 26.7 Å². The average Bonchev–Trinajstić information content (AvgIpc) is 2.87. The minimum Gasteiger partial charge on any atom is -0.497 e. The van der Waals surface area contributed by atoms with Gasteiger partial charge in [0.05, 0.1) is 30.8 Å². The highest BCUT2D eigenvalue weighted by atomic mass is 32.2. The van der Waals surface area contributed by atoms with Crippen molar-refractivity contribution < 1.29 is 22.7 Å². The first-order chi connectivity index (χ1) is 17.1. The molecule has 0 aliphatic heterocycles. The first kappa shape index (κ1) is 27.1. The van der Waals surface area contributed by atoms with Crippen LogP contribution in [0.3, 0.4) is 0 Å². The monoisotopic (exact) mass is 510 g/mol. The van der Waals surface area contributed by atoms with E-state index in [-0.39, 0.29) is 23.4 Å². The Morgan fingerprint density at radius 2 is 1.56 bits per heavy atom. The highest BCUT2D eigenvalue weighted by Gasteiger charge is 2.28. The maximum Gasteiger partial charge on any atom is 0.264 e. The molecule has 0 radical (unpaired) electrons. The maximum atomic E-state index is 13.5. The normalized spacial score (nSPS) is 12.2. The van der Waals surface area contributed by atoms with Crippen molar-refractivity contribution in [3.8, 4) is 11.5 Å². The smallest absolute Gasteiger partial charge is 0.264 e. The van der Waals surface area contributed by atoms with Crippen LogP contribution >= 0.6 is 0 Å². The Hall–Kier alpha value is -3.52. The van der Waals surface area contributed by atoms with Crippen LogP contribution < -0.4 is 19.1 Å². The Labute approximate surface area is 214 Å². The molecule has 0 saturated heterocycles. The van der Waals surface area contributed by atoms with Crippen LogP contribution in [-0.2, 0) is 14.8 Å². The van der Waals surface area contributed by atoms with E-state index < -0.39 is 15.9 Å². The molecule has 0 fully saturated rings. The number of hydrogen-bond donors (Lipinski definition) is 1. The lowest BCUT2D eigenvalue weighted by atomic mass is 9.93. The van der Waals surface area contributed by atoms with E-state index in [0.29, 0.717) is 11.4 Å². The molecule has 3 rings (SSSR count). The molecule has 1 atom stereocenters. The van der Waals surface area contributed by atoms with E-state index in [9.17, 15) is 13.2 Å². The summed E-state index contributed by atoms with van der Waals surface area (Å²) in [6.45, 7) is 7.65. The molecule has 0 aliphatic rings. The predicted octanol–water partition coefficient (Wildman–Crippen LogP) is 5.21. The number of aryl methyl sites for hydroxylation is 1. The molecule has 1 amide bonds. The molecule has 8 heteroatoms. The van der Waals surface area contributed by atoms with Gasteiger partial charge in [0.1, 0.15) is 18.0 Å². The standard InChI is InChI=1S/C28H34N2O5S/c1-19(2)25-17-26(20(3)16-27(25)35-6)21(4)29-28(31)18-30(22-12-14-23(34-5)15-13-22)36(32,33)24-10-8-7-9-11-24/h7-17,19,21H,18H2,1-6H3,(H,29,31)/t21-/m1/s1. The van der Waals surface area contributed by atoms with Crippen molar-refractivity contribution in [2.75, 3.05) is 25.1 Å². The molecule has 192 valence electrons. The molecule has 0 unspecified atom stereocenters. The summed E-state index contributed by atoms with van der Waals surface area (Å²) < 4.78 is 38.9. The lowest BCUT2D eigenvalue weighted by Gasteiger charge is -2.26. The molecule has 7 nitrogen and oxygen atoms in total. The second kappa shape index (κ2) is 11.5. The maximum absolute atomic E-state index is 13.5. The zero-order valence-electron chi connectivity index (χ0n) is 21.6. The van der Waals surface area contributed by atoms with Gasteiger partial charge in [0.15, 0.2) is 0 Å². The van der Waals surface area contributed by atoms with Gasteiger partial charge in [-0.2, -0.15) is 0 Å². The number of carbonyl (C=O) groups excluding carboxylic acids is 1. The molecule has 0 bridgehead atoms. The number of rotatable bonds is 10. The van der Waals surface area contributed by atoms with Gasteiger partial charge in [-0.25, -0.2) is 8.42 Å². The van der Waals surface area contributed by atoms with E-state index >= 15 is 0 Å². The summed E-state index contributed by atoms with van der Waals surface area (Å²) in [6.07, 6.45) is 0. The van der Waals surface area contributed by atoms with Crippen LogP contribution in [0.25, 0.3) is 0 Å². The molecule has 0 aliphatic carbocycles. The zero-order valence-corrected chi connectivity index (χ0v) is 22.4. The van der Waals surface area contributed by atoms with E-state index in [4.69, 9.17) is 9.47 Å². The van der Waals surface area contributed by atoms with Crippen LogP contribution in [0.5, 0.6) is 11.5 Å². The van der Waals surface area contributed by atoms with Gasteiger partial charge in [-0.05, 0) is 85.0 Å². The number of benzene rings is 3. The second-order valence-electron chi connectivity index (χ2n) is 8.92. The topological polar surface area (TPSA) is 84.9 Å². The van der Waals surface area contributed by atoms with Crippen LogP contribution in [0.15, 0.2) is 71.6 Å². The molecule has 1 N–H and O–H groups in total. The van der Waals surface area contributed by atoms with Crippen molar-refractivity contribution in [1.82, 2.24) is 5.32 Å². The number of hydrogen-bond acceptors (Lipinski definition) is 5. The van der Waals surface area contributed by atoms with Crippen LogP contribution in [0, 0.1) is 6.92 Å². The summed E-state index contributed by atoms with van der Waals surface area (Å²) in [7, 11) is -0.808. The minimum atomic E-state index is -3.99. The molecule has 3 aromatic rings. The minimum absolute atomic E-state index is 0.106. The van der Waals surface area contributed by atoms with Crippen LogP contribution in [0.4, 0.5) is 5.69 Å². The number of sulfonamides is 1. The Kier molecular flexibility index (Phi) is 8.63. The number of amides is 1. The molecule has 0 heterocycles. The van der Waals surface area contributed by atoms with Gasteiger partial charge in [-0.1, -0.05) is 32.0 Å². The van der Waals surface area contributed by atoms with E-state index in [2.05, 4.69) is 19.2 Å². The fraction of sp³-hybridized carbons (Fsp3) is 0.321. The van der Waals surface area contributed by atoms with E-state index in [1.165, 1.54) is 19.2 Å². The van der Waals surface area contributed by atoms with Crippen LogP contribution in [-0.4, -0.2) is 35.1 Å². The summed E-state index contributed by atoms with van der Waals surface area (Å²) in [6, 6.07) is 18.3. The number of nitrogens with one attached hydrogen (secondary N) is 1. The summed E-state index contributed by atoms with van der Waals surface area (Å²) in [5.74, 6) is 1.22. The van der Waals surface area contributed by atoms with Crippen molar-refractivity contribution in [3.05, 3.63) is 83.4 Å². The molecule has 0 saturated carbocycles. The second-order valence-corrected chi connectivity index (χ2v) is 10.8.